The lowest BCUT2D eigenvalue weighted by atomic mass is 10.0. The molecule has 2 heterocycles. The standard InChI is InChI=1S/C24H29N3O4S/c1-17-11-13-26(14-12-17)32(30,31)21-9-7-20(8-10-21)27-16-19(15-23(27)28)24(29)25-22-6-4-3-5-18(22)2/h3-10,17,19H,11-16H2,1-2H3,(H,25,29)/t19-/m0/s1. The van der Waals surface area contributed by atoms with Gasteiger partial charge in [-0.3, -0.25) is 9.59 Å². The monoisotopic (exact) mass is 455 g/mol. The number of para-hydroxylation sites is 1. The van der Waals surface area contributed by atoms with E-state index >= 15 is 0 Å². The molecule has 7 nitrogen and oxygen atoms in total. The molecule has 0 radical (unpaired) electrons. The van der Waals surface area contributed by atoms with Gasteiger partial charge < -0.3 is 10.2 Å². The highest BCUT2D eigenvalue weighted by Gasteiger charge is 2.35. The van der Waals surface area contributed by atoms with Crippen molar-refractivity contribution < 1.29 is 18.0 Å². The Kier molecular flexibility index (Phi) is 6.35. The van der Waals surface area contributed by atoms with Crippen LogP contribution in [0.15, 0.2) is 53.4 Å². The summed E-state index contributed by atoms with van der Waals surface area (Å²) in [6.07, 6.45) is 1.86. The summed E-state index contributed by atoms with van der Waals surface area (Å²) in [5.41, 5.74) is 2.31. The lowest BCUT2D eigenvalue weighted by Gasteiger charge is -2.29. The zero-order chi connectivity index (χ0) is 22.9. The number of anilines is 2. The minimum absolute atomic E-state index is 0.129. The van der Waals surface area contributed by atoms with Crippen LogP contribution in [0.4, 0.5) is 11.4 Å². The number of nitrogens with zero attached hydrogens (tertiary/aromatic N) is 2. The molecule has 2 fully saturated rings. The number of benzene rings is 2. The molecule has 2 aromatic carbocycles. The number of piperidine rings is 1. The van der Waals surface area contributed by atoms with Crippen LogP contribution in [0, 0.1) is 18.8 Å². The molecule has 2 saturated heterocycles. The number of aryl methyl sites for hydroxylation is 1. The average molecular weight is 456 g/mol. The van der Waals surface area contributed by atoms with Crippen molar-refractivity contribution >= 4 is 33.2 Å². The first kappa shape index (κ1) is 22.5. The maximum atomic E-state index is 12.9. The summed E-state index contributed by atoms with van der Waals surface area (Å²) in [4.78, 5) is 27.1. The summed E-state index contributed by atoms with van der Waals surface area (Å²) in [5.74, 6) is -0.244. The molecule has 0 aromatic heterocycles. The highest BCUT2D eigenvalue weighted by atomic mass is 32.2. The molecule has 0 unspecified atom stereocenters. The van der Waals surface area contributed by atoms with Gasteiger partial charge in [-0.1, -0.05) is 25.1 Å². The number of carbonyl (C=O) groups excluding carboxylic acids is 2. The fourth-order valence-corrected chi connectivity index (χ4v) is 5.72. The topological polar surface area (TPSA) is 86.8 Å². The highest BCUT2D eigenvalue weighted by molar-refractivity contribution is 7.89. The largest absolute Gasteiger partial charge is 0.326 e. The van der Waals surface area contributed by atoms with E-state index in [4.69, 9.17) is 0 Å². The van der Waals surface area contributed by atoms with Crippen molar-refractivity contribution in [2.75, 3.05) is 29.9 Å². The first-order valence-electron chi connectivity index (χ1n) is 11.0. The summed E-state index contributed by atoms with van der Waals surface area (Å²) in [6, 6.07) is 13.9. The van der Waals surface area contributed by atoms with E-state index in [2.05, 4.69) is 12.2 Å². The lowest BCUT2D eigenvalue weighted by molar-refractivity contribution is -0.122. The van der Waals surface area contributed by atoms with E-state index < -0.39 is 15.9 Å². The summed E-state index contributed by atoms with van der Waals surface area (Å²) in [7, 11) is -3.54. The third kappa shape index (κ3) is 4.56. The van der Waals surface area contributed by atoms with Gasteiger partial charge in [0, 0.05) is 37.4 Å². The SMILES string of the molecule is Cc1ccccc1NC(=O)[C@H]1CC(=O)N(c2ccc(S(=O)(=O)N3CCC(C)CC3)cc2)C1. The molecular weight excluding hydrogens is 426 g/mol. The summed E-state index contributed by atoms with van der Waals surface area (Å²) >= 11 is 0. The number of amides is 2. The number of hydrogen-bond donors (Lipinski definition) is 1. The second kappa shape index (κ2) is 9.03. The molecule has 2 amide bonds. The number of carbonyl (C=O) groups is 2. The maximum Gasteiger partial charge on any atom is 0.243 e. The fourth-order valence-electron chi connectivity index (χ4n) is 4.25. The predicted octanol–water partition coefficient (Wildman–Crippen LogP) is 3.41. The van der Waals surface area contributed by atoms with Crippen molar-refractivity contribution in [1.82, 2.24) is 4.31 Å². The Balaban J connectivity index is 1.43. The highest BCUT2D eigenvalue weighted by Crippen LogP contribution is 2.29. The van der Waals surface area contributed by atoms with E-state index in [1.54, 1.807) is 29.2 Å². The summed E-state index contributed by atoms with van der Waals surface area (Å²) < 4.78 is 27.4. The zero-order valence-corrected chi connectivity index (χ0v) is 19.3. The van der Waals surface area contributed by atoms with Crippen molar-refractivity contribution in [3.63, 3.8) is 0 Å². The fraction of sp³-hybridized carbons (Fsp3) is 0.417. The smallest absolute Gasteiger partial charge is 0.243 e. The lowest BCUT2D eigenvalue weighted by Crippen LogP contribution is -2.37. The minimum atomic E-state index is -3.54. The summed E-state index contributed by atoms with van der Waals surface area (Å²) in [6.45, 7) is 5.40. The second-order valence-electron chi connectivity index (χ2n) is 8.79. The Morgan fingerprint density at radius 3 is 2.34 bits per heavy atom. The third-order valence-electron chi connectivity index (χ3n) is 6.43. The molecule has 0 spiro atoms. The van der Waals surface area contributed by atoms with Gasteiger partial charge >= 0.3 is 0 Å². The Labute approximate surface area is 189 Å². The van der Waals surface area contributed by atoms with Crippen molar-refractivity contribution in [3.8, 4) is 0 Å². The van der Waals surface area contributed by atoms with Crippen LogP contribution in [0.25, 0.3) is 0 Å². The van der Waals surface area contributed by atoms with Crippen LogP contribution in [-0.4, -0.2) is 44.2 Å². The van der Waals surface area contributed by atoms with Gasteiger partial charge in [0.05, 0.1) is 10.8 Å². The van der Waals surface area contributed by atoms with Gasteiger partial charge in [0.1, 0.15) is 0 Å². The van der Waals surface area contributed by atoms with Gasteiger partial charge in [-0.15, -0.1) is 0 Å². The molecule has 1 N–H and O–H groups in total. The first-order chi connectivity index (χ1) is 15.3. The Morgan fingerprint density at radius 2 is 1.69 bits per heavy atom. The van der Waals surface area contributed by atoms with E-state index in [9.17, 15) is 18.0 Å². The molecule has 2 aliphatic heterocycles. The zero-order valence-electron chi connectivity index (χ0n) is 18.5. The number of nitrogens with one attached hydrogen (secondary N) is 1. The van der Waals surface area contributed by atoms with E-state index in [0.717, 1.165) is 24.1 Å². The van der Waals surface area contributed by atoms with Gasteiger partial charge in [0.15, 0.2) is 0 Å². The van der Waals surface area contributed by atoms with Crippen molar-refractivity contribution in [2.45, 2.75) is 38.0 Å². The van der Waals surface area contributed by atoms with Crippen LogP contribution in [-0.2, 0) is 19.6 Å². The molecule has 4 rings (SSSR count). The van der Waals surface area contributed by atoms with E-state index in [0.29, 0.717) is 24.7 Å². The van der Waals surface area contributed by atoms with Crippen LogP contribution in [0.1, 0.15) is 31.7 Å². The van der Waals surface area contributed by atoms with Crippen molar-refractivity contribution in [3.05, 3.63) is 54.1 Å². The van der Waals surface area contributed by atoms with Crippen LogP contribution in [0.5, 0.6) is 0 Å². The maximum absolute atomic E-state index is 12.9. The Morgan fingerprint density at radius 1 is 1.03 bits per heavy atom. The molecule has 2 aromatic rings. The second-order valence-corrected chi connectivity index (χ2v) is 10.7. The number of rotatable bonds is 5. The van der Waals surface area contributed by atoms with Gasteiger partial charge in [-0.2, -0.15) is 4.31 Å². The molecule has 0 bridgehead atoms. The third-order valence-corrected chi connectivity index (χ3v) is 8.34. The number of hydrogen-bond acceptors (Lipinski definition) is 4. The summed E-state index contributed by atoms with van der Waals surface area (Å²) in [5, 5.41) is 2.91. The van der Waals surface area contributed by atoms with E-state index in [-0.39, 0.29) is 29.7 Å². The number of sulfonamides is 1. The molecule has 0 aliphatic carbocycles. The van der Waals surface area contributed by atoms with E-state index in [1.807, 2.05) is 31.2 Å². The molecule has 2 aliphatic rings. The quantitative estimate of drug-likeness (QED) is 0.749. The van der Waals surface area contributed by atoms with E-state index in [1.165, 1.54) is 4.31 Å². The molecule has 170 valence electrons. The molecular formula is C24H29N3O4S. The predicted molar refractivity (Wildman–Crippen MR) is 124 cm³/mol. The van der Waals surface area contributed by atoms with Crippen LogP contribution in [0.3, 0.4) is 0 Å². The minimum Gasteiger partial charge on any atom is -0.326 e. The normalized spacial score (nSPS) is 20.5. The van der Waals surface area contributed by atoms with Gasteiger partial charge in [-0.25, -0.2) is 8.42 Å². The van der Waals surface area contributed by atoms with Crippen LogP contribution >= 0.6 is 0 Å². The van der Waals surface area contributed by atoms with Gasteiger partial charge in [-0.05, 0) is 61.6 Å². The van der Waals surface area contributed by atoms with Crippen molar-refractivity contribution in [2.24, 2.45) is 11.8 Å². The molecule has 0 saturated carbocycles. The Hall–Kier alpha value is -2.71. The molecule has 32 heavy (non-hydrogen) atoms. The van der Waals surface area contributed by atoms with Gasteiger partial charge in [0.2, 0.25) is 21.8 Å². The van der Waals surface area contributed by atoms with Crippen LogP contribution in [0.2, 0.25) is 0 Å². The average Bonchev–Trinajstić information content (AvgIpc) is 3.17. The van der Waals surface area contributed by atoms with Crippen molar-refractivity contribution in [1.29, 1.82) is 0 Å². The van der Waals surface area contributed by atoms with Crippen LogP contribution < -0.4 is 10.2 Å². The first-order valence-corrected chi connectivity index (χ1v) is 12.5. The molecule has 8 heteroatoms. The van der Waals surface area contributed by atoms with Gasteiger partial charge in [0.25, 0.3) is 0 Å². The Bertz CT molecular complexity index is 1110. The molecule has 1 atom stereocenters.